The minimum absolute atomic E-state index is 0.0136. The van der Waals surface area contributed by atoms with Crippen molar-refractivity contribution < 1.29 is 14.6 Å². The molecule has 0 fully saturated rings. The lowest BCUT2D eigenvalue weighted by atomic mass is 10.2. The molecule has 0 aromatic carbocycles. The van der Waals surface area contributed by atoms with Crippen molar-refractivity contribution in [1.82, 2.24) is 9.78 Å². The predicted octanol–water partition coefficient (Wildman–Crippen LogP) is 1.26. The smallest absolute Gasteiger partial charge is 0.358 e. The van der Waals surface area contributed by atoms with Crippen LogP contribution in [0.15, 0.2) is 0 Å². The fourth-order valence-corrected chi connectivity index (χ4v) is 1.41. The first-order chi connectivity index (χ1) is 8.02. The van der Waals surface area contributed by atoms with Crippen molar-refractivity contribution in [2.45, 2.75) is 27.0 Å². The Morgan fingerprint density at radius 1 is 1.29 bits per heavy atom. The summed E-state index contributed by atoms with van der Waals surface area (Å²) >= 11 is 0. The van der Waals surface area contributed by atoms with Gasteiger partial charge in [0.2, 0.25) is 6.73 Å². The average Bonchev–Trinajstić information content (AvgIpc) is 2.64. The molecular formula is C8H12N4O5. The Balaban J connectivity index is 3.28. The third kappa shape index (κ3) is 2.56. The number of hydrogen-bond acceptors (Lipinski definition) is 6. The van der Waals surface area contributed by atoms with Gasteiger partial charge in [-0.25, -0.2) is 0 Å². The Morgan fingerprint density at radius 2 is 1.94 bits per heavy atom. The Bertz CT molecular complexity index is 441. The molecular weight excluding hydrogens is 232 g/mol. The van der Waals surface area contributed by atoms with E-state index in [9.17, 15) is 20.2 Å². The summed E-state index contributed by atoms with van der Waals surface area (Å²) in [5, 5.41) is 25.2. The van der Waals surface area contributed by atoms with E-state index in [1.54, 1.807) is 13.8 Å². The lowest BCUT2D eigenvalue weighted by Gasteiger charge is -1.97. The maximum absolute atomic E-state index is 10.9. The molecule has 1 heterocycles. The lowest BCUT2D eigenvalue weighted by Crippen LogP contribution is -2.08. The summed E-state index contributed by atoms with van der Waals surface area (Å²) in [5.74, 6) is -0.869. The fraction of sp³-hybridized carbons (Fsp3) is 0.625. The van der Waals surface area contributed by atoms with Gasteiger partial charge >= 0.3 is 11.6 Å². The summed E-state index contributed by atoms with van der Waals surface area (Å²) in [4.78, 5) is 20.2. The zero-order valence-corrected chi connectivity index (χ0v) is 9.45. The van der Waals surface area contributed by atoms with Gasteiger partial charge in [-0.15, -0.1) is 0 Å². The number of ether oxygens (including phenoxy) is 1. The molecule has 0 radical (unpaired) electrons. The van der Waals surface area contributed by atoms with Crippen LogP contribution in [-0.2, 0) is 17.9 Å². The van der Waals surface area contributed by atoms with Crippen molar-refractivity contribution in [2.24, 2.45) is 0 Å². The van der Waals surface area contributed by atoms with Crippen molar-refractivity contribution in [3.8, 4) is 0 Å². The summed E-state index contributed by atoms with van der Waals surface area (Å²) in [6, 6.07) is 0. The first kappa shape index (κ1) is 13.0. The first-order valence-corrected chi connectivity index (χ1v) is 4.99. The van der Waals surface area contributed by atoms with E-state index < -0.39 is 15.7 Å². The van der Waals surface area contributed by atoms with Crippen LogP contribution in [0.5, 0.6) is 0 Å². The van der Waals surface area contributed by atoms with E-state index in [0.29, 0.717) is 6.61 Å². The SMILES string of the molecule is CCOCn1nc([N+](=O)[O-])c(CC)c1[N+](=O)[O-]. The maximum Gasteiger partial charge on any atom is 0.423 e. The lowest BCUT2D eigenvalue weighted by molar-refractivity contribution is -0.396. The molecule has 17 heavy (non-hydrogen) atoms. The van der Waals surface area contributed by atoms with Gasteiger partial charge in [-0.1, -0.05) is 6.92 Å². The van der Waals surface area contributed by atoms with Crippen molar-refractivity contribution in [1.29, 1.82) is 0 Å². The maximum atomic E-state index is 10.9. The van der Waals surface area contributed by atoms with Crippen molar-refractivity contribution in [3.05, 3.63) is 25.8 Å². The second-order valence-electron chi connectivity index (χ2n) is 3.11. The standard InChI is InChI=1S/C8H12N4O5/c1-3-6-7(11(13)14)9-10(5-17-4-2)8(6)12(15)16/h3-5H2,1-2H3. The Hall–Kier alpha value is -2.03. The fourth-order valence-electron chi connectivity index (χ4n) is 1.41. The normalized spacial score (nSPS) is 10.5. The molecule has 0 atom stereocenters. The Morgan fingerprint density at radius 3 is 2.35 bits per heavy atom. The summed E-state index contributed by atoms with van der Waals surface area (Å²) in [6.45, 7) is 3.48. The monoisotopic (exact) mass is 244 g/mol. The van der Waals surface area contributed by atoms with Gasteiger partial charge in [0, 0.05) is 6.61 Å². The minimum atomic E-state index is -0.728. The third-order valence-corrected chi connectivity index (χ3v) is 2.12. The molecule has 94 valence electrons. The predicted molar refractivity (Wildman–Crippen MR) is 56.5 cm³/mol. The molecule has 0 unspecified atom stereocenters. The molecule has 1 aromatic rings. The molecule has 0 saturated heterocycles. The van der Waals surface area contributed by atoms with Crippen LogP contribution >= 0.6 is 0 Å². The number of nitro groups is 2. The van der Waals surface area contributed by atoms with Crippen LogP contribution < -0.4 is 0 Å². The van der Waals surface area contributed by atoms with Crippen LogP contribution in [0.4, 0.5) is 11.6 Å². The van der Waals surface area contributed by atoms with Gasteiger partial charge in [0.25, 0.3) is 0 Å². The minimum Gasteiger partial charge on any atom is -0.358 e. The molecule has 0 spiro atoms. The highest BCUT2D eigenvalue weighted by atomic mass is 16.6. The van der Waals surface area contributed by atoms with Crippen LogP contribution in [0.3, 0.4) is 0 Å². The summed E-state index contributed by atoms with van der Waals surface area (Å²) in [5.41, 5.74) is 0.0136. The van der Waals surface area contributed by atoms with Gasteiger partial charge in [-0.3, -0.25) is 0 Å². The Labute approximate surface area is 96.3 Å². The van der Waals surface area contributed by atoms with E-state index in [0.717, 1.165) is 4.68 Å². The molecule has 0 saturated carbocycles. The van der Waals surface area contributed by atoms with E-state index in [1.165, 1.54) is 0 Å². The second-order valence-corrected chi connectivity index (χ2v) is 3.11. The number of hydrogen-bond donors (Lipinski definition) is 0. The van der Waals surface area contributed by atoms with E-state index in [4.69, 9.17) is 4.74 Å². The van der Waals surface area contributed by atoms with Crippen LogP contribution in [0, 0.1) is 20.2 Å². The summed E-state index contributed by atoms with van der Waals surface area (Å²) < 4.78 is 5.88. The zero-order chi connectivity index (χ0) is 13.0. The quantitative estimate of drug-likeness (QED) is 0.549. The molecule has 0 bridgehead atoms. The molecule has 0 N–H and O–H groups in total. The van der Waals surface area contributed by atoms with Gasteiger partial charge in [0.15, 0.2) is 10.7 Å². The highest BCUT2D eigenvalue weighted by Gasteiger charge is 2.35. The zero-order valence-electron chi connectivity index (χ0n) is 9.45. The van der Waals surface area contributed by atoms with E-state index >= 15 is 0 Å². The molecule has 0 aliphatic heterocycles. The average molecular weight is 244 g/mol. The topological polar surface area (TPSA) is 113 Å². The van der Waals surface area contributed by atoms with Gasteiger partial charge in [-0.05, 0) is 27.9 Å². The molecule has 0 aliphatic rings. The van der Waals surface area contributed by atoms with Crippen molar-refractivity contribution in [2.75, 3.05) is 6.61 Å². The first-order valence-electron chi connectivity index (χ1n) is 4.99. The highest BCUT2D eigenvalue weighted by Crippen LogP contribution is 2.28. The van der Waals surface area contributed by atoms with E-state index in [-0.39, 0.29) is 24.5 Å². The molecule has 1 rings (SSSR count). The van der Waals surface area contributed by atoms with Crippen LogP contribution in [0.1, 0.15) is 19.4 Å². The molecule has 0 aliphatic carbocycles. The second kappa shape index (κ2) is 5.34. The molecule has 0 amide bonds. The van der Waals surface area contributed by atoms with Crippen LogP contribution in [-0.4, -0.2) is 26.2 Å². The highest BCUT2D eigenvalue weighted by molar-refractivity contribution is 5.45. The molecule has 1 aromatic heterocycles. The summed E-state index contributed by atoms with van der Waals surface area (Å²) in [7, 11) is 0. The number of nitrogens with zero attached hydrogens (tertiary/aromatic N) is 4. The van der Waals surface area contributed by atoms with Gasteiger partial charge in [0.1, 0.15) is 0 Å². The van der Waals surface area contributed by atoms with Crippen molar-refractivity contribution in [3.63, 3.8) is 0 Å². The third-order valence-electron chi connectivity index (χ3n) is 2.12. The molecule has 9 nitrogen and oxygen atoms in total. The van der Waals surface area contributed by atoms with Gasteiger partial charge < -0.3 is 25.0 Å². The van der Waals surface area contributed by atoms with E-state index in [2.05, 4.69) is 5.10 Å². The van der Waals surface area contributed by atoms with Crippen LogP contribution in [0.2, 0.25) is 0 Å². The largest absolute Gasteiger partial charge is 0.423 e. The Kier molecular flexibility index (Phi) is 4.10. The van der Waals surface area contributed by atoms with E-state index in [1.807, 2.05) is 0 Å². The van der Waals surface area contributed by atoms with Crippen LogP contribution in [0.25, 0.3) is 0 Å². The van der Waals surface area contributed by atoms with Gasteiger partial charge in [-0.2, -0.15) is 0 Å². The number of rotatable bonds is 6. The number of aromatic nitrogens is 2. The van der Waals surface area contributed by atoms with Crippen molar-refractivity contribution >= 4 is 11.6 Å². The molecule has 9 heteroatoms. The summed E-state index contributed by atoms with van der Waals surface area (Å²) in [6.07, 6.45) is 0.165. The van der Waals surface area contributed by atoms with Gasteiger partial charge in [0.05, 0.1) is 0 Å².